The number of allylic oxidation sites excluding steroid dienone is 2. The molecule has 0 spiro atoms. The van der Waals surface area contributed by atoms with Crippen molar-refractivity contribution in [2.45, 2.75) is 90.6 Å². The predicted molar refractivity (Wildman–Crippen MR) is 157 cm³/mol. The van der Waals surface area contributed by atoms with Crippen LogP contribution in [0.3, 0.4) is 0 Å². The van der Waals surface area contributed by atoms with E-state index in [4.69, 9.17) is 16.3 Å². The van der Waals surface area contributed by atoms with Gasteiger partial charge in [0.25, 0.3) is 5.56 Å². The van der Waals surface area contributed by atoms with Crippen LogP contribution in [0, 0.1) is 0 Å². The summed E-state index contributed by atoms with van der Waals surface area (Å²) >= 11 is 8.17. The number of halogens is 1. The van der Waals surface area contributed by atoms with Gasteiger partial charge in [-0.15, -0.1) is 11.3 Å². The van der Waals surface area contributed by atoms with E-state index < -0.39 is 11.6 Å². The highest BCUT2D eigenvalue weighted by Crippen LogP contribution is 2.40. The number of amides is 2. The van der Waals surface area contributed by atoms with Crippen molar-refractivity contribution in [2.24, 2.45) is 0 Å². The second-order valence-corrected chi connectivity index (χ2v) is 13.1. The minimum atomic E-state index is -0.656. The molecule has 2 unspecified atom stereocenters. The second kappa shape index (κ2) is 11.4. The highest BCUT2D eigenvalue weighted by molar-refractivity contribution is 7.12. The average molecular weight is 586 g/mol. The first kappa shape index (κ1) is 28.4. The van der Waals surface area contributed by atoms with Crippen LogP contribution in [0.1, 0.15) is 86.3 Å². The van der Waals surface area contributed by atoms with Gasteiger partial charge in [-0.1, -0.05) is 36.8 Å². The minimum Gasteiger partial charge on any atom is -0.444 e. The molecule has 2 aromatic rings. The molecular formula is C29H36ClN5O4S. The van der Waals surface area contributed by atoms with Crippen LogP contribution < -0.4 is 16.2 Å². The van der Waals surface area contributed by atoms with Gasteiger partial charge < -0.3 is 15.4 Å². The summed E-state index contributed by atoms with van der Waals surface area (Å²) < 4.78 is 7.03. The molecule has 2 atom stereocenters. The number of anilines is 1. The minimum absolute atomic E-state index is 0.0223. The van der Waals surface area contributed by atoms with Crippen molar-refractivity contribution >= 4 is 40.8 Å². The maximum Gasteiger partial charge on any atom is 0.410 e. The summed E-state index contributed by atoms with van der Waals surface area (Å²) in [6, 6.07) is 1.38. The number of hydrogen-bond acceptors (Lipinski definition) is 7. The number of nitrogens with one attached hydrogen (secondary N) is 2. The Morgan fingerprint density at radius 2 is 2.02 bits per heavy atom. The van der Waals surface area contributed by atoms with Gasteiger partial charge >= 0.3 is 6.09 Å². The van der Waals surface area contributed by atoms with Crippen LogP contribution in [0.15, 0.2) is 34.7 Å². The van der Waals surface area contributed by atoms with Crippen LogP contribution >= 0.6 is 22.9 Å². The summed E-state index contributed by atoms with van der Waals surface area (Å²) in [5.74, 6) is -0.0763. The lowest BCUT2D eigenvalue weighted by molar-refractivity contribution is -0.124. The Morgan fingerprint density at radius 3 is 2.70 bits per heavy atom. The summed E-state index contributed by atoms with van der Waals surface area (Å²) in [6.07, 6.45) is 9.21. The number of carbonyl (C=O) groups is 2. The summed E-state index contributed by atoms with van der Waals surface area (Å²) in [6.45, 7) is 9.40. The molecule has 11 heteroatoms. The molecule has 0 fully saturated rings. The molecule has 0 saturated heterocycles. The molecule has 5 rings (SSSR count). The smallest absolute Gasteiger partial charge is 0.410 e. The summed E-state index contributed by atoms with van der Waals surface area (Å²) in [5.41, 5.74) is 1.93. The lowest BCUT2D eigenvalue weighted by Crippen LogP contribution is -2.36. The first-order valence-corrected chi connectivity index (χ1v) is 15.0. The van der Waals surface area contributed by atoms with Gasteiger partial charge in [-0.3, -0.25) is 19.1 Å². The molecule has 2 N–H and O–H groups in total. The highest BCUT2D eigenvalue weighted by atomic mass is 35.5. The first-order valence-electron chi connectivity index (χ1n) is 13.8. The molecule has 9 nitrogen and oxygen atoms in total. The standard InChI is InChI=1S/C29H36ClN5O4S/c1-5-18-12-21(35-23(18)24(30)33-25(27(35)37)31-13-17-9-7-6-8-10-17)26(36)32-14-20-11-19-15-34(16-22(19)40-20)28(38)39-29(2,3)4/h7,9-11,18,21H,5-6,8,12-16H2,1-4H3,(H,31,33)(H,32,36). The summed E-state index contributed by atoms with van der Waals surface area (Å²) in [4.78, 5) is 47.6. The fraction of sp³-hybridized carbons (Fsp3) is 0.517. The molecular weight excluding hydrogens is 550 g/mol. The van der Waals surface area contributed by atoms with Crippen LogP contribution in [0.5, 0.6) is 0 Å². The molecule has 40 heavy (non-hydrogen) atoms. The number of thiophene rings is 1. The van der Waals surface area contributed by atoms with Crippen molar-refractivity contribution in [3.63, 3.8) is 0 Å². The number of carbonyl (C=O) groups excluding carboxylic acids is 2. The number of ether oxygens (including phenoxy) is 1. The maximum atomic E-state index is 13.5. The number of hydrogen-bond donors (Lipinski definition) is 2. The Labute approximate surface area is 243 Å². The lowest BCUT2D eigenvalue weighted by atomic mass is 9.99. The van der Waals surface area contributed by atoms with Crippen molar-refractivity contribution in [1.29, 1.82) is 0 Å². The molecule has 0 aromatic carbocycles. The normalized spacial score (nSPS) is 19.7. The zero-order chi connectivity index (χ0) is 28.6. The van der Waals surface area contributed by atoms with Gasteiger partial charge in [-0.2, -0.15) is 0 Å². The molecule has 214 valence electrons. The van der Waals surface area contributed by atoms with E-state index >= 15 is 0 Å². The van der Waals surface area contributed by atoms with Crippen LogP contribution in [0.2, 0.25) is 5.15 Å². The average Bonchev–Trinajstić information content (AvgIpc) is 3.60. The zero-order valence-electron chi connectivity index (χ0n) is 23.4. The van der Waals surface area contributed by atoms with Gasteiger partial charge in [0.15, 0.2) is 11.0 Å². The van der Waals surface area contributed by atoms with E-state index in [-0.39, 0.29) is 34.4 Å². The van der Waals surface area contributed by atoms with Crippen molar-refractivity contribution in [3.05, 3.63) is 66.4 Å². The highest BCUT2D eigenvalue weighted by Gasteiger charge is 2.38. The quantitative estimate of drug-likeness (QED) is 0.435. The molecule has 3 aliphatic rings. The maximum absolute atomic E-state index is 13.5. The molecule has 0 saturated carbocycles. The van der Waals surface area contributed by atoms with E-state index in [2.05, 4.69) is 27.8 Å². The summed E-state index contributed by atoms with van der Waals surface area (Å²) in [5, 5.41) is 6.43. The van der Waals surface area contributed by atoms with Crippen molar-refractivity contribution in [3.8, 4) is 0 Å². The number of nitrogens with zero attached hydrogens (tertiary/aromatic N) is 3. The number of rotatable bonds is 7. The Balaban J connectivity index is 1.26. The largest absolute Gasteiger partial charge is 0.444 e. The van der Waals surface area contributed by atoms with Crippen LogP contribution in [-0.4, -0.2) is 38.6 Å². The Morgan fingerprint density at radius 1 is 1.23 bits per heavy atom. The van der Waals surface area contributed by atoms with Gasteiger partial charge in [0.1, 0.15) is 11.6 Å². The third kappa shape index (κ3) is 5.98. The molecule has 1 aliphatic carbocycles. The van der Waals surface area contributed by atoms with E-state index in [1.807, 2.05) is 39.8 Å². The van der Waals surface area contributed by atoms with Crippen molar-refractivity contribution in [1.82, 2.24) is 19.8 Å². The fourth-order valence-corrected chi connectivity index (χ4v) is 6.90. The van der Waals surface area contributed by atoms with E-state index in [0.29, 0.717) is 38.3 Å². The van der Waals surface area contributed by atoms with E-state index in [9.17, 15) is 14.4 Å². The molecule has 2 amide bonds. The zero-order valence-corrected chi connectivity index (χ0v) is 25.0. The predicted octanol–water partition coefficient (Wildman–Crippen LogP) is 5.65. The Kier molecular flexibility index (Phi) is 8.10. The summed E-state index contributed by atoms with van der Waals surface area (Å²) in [7, 11) is 0. The third-order valence-corrected chi connectivity index (χ3v) is 8.81. The van der Waals surface area contributed by atoms with Gasteiger partial charge in [0.2, 0.25) is 5.91 Å². The molecule has 0 radical (unpaired) electrons. The third-order valence-electron chi connectivity index (χ3n) is 7.37. The number of fused-ring (bicyclic) bond motifs is 2. The van der Waals surface area contributed by atoms with Crippen LogP contribution in [0.4, 0.5) is 10.6 Å². The van der Waals surface area contributed by atoms with E-state index in [1.165, 1.54) is 0 Å². The molecule has 2 aliphatic heterocycles. The Bertz CT molecular complexity index is 1410. The van der Waals surface area contributed by atoms with E-state index in [1.54, 1.807) is 20.8 Å². The fourth-order valence-electron chi connectivity index (χ4n) is 5.44. The van der Waals surface area contributed by atoms with Gasteiger partial charge in [0, 0.05) is 22.2 Å². The van der Waals surface area contributed by atoms with E-state index in [0.717, 1.165) is 40.2 Å². The van der Waals surface area contributed by atoms with Crippen LogP contribution in [-0.2, 0) is 29.2 Å². The number of aromatic nitrogens is 2. The SMILES string of the molecule is CCC1CC(C(=O)NCc2cc3c(s2)CN(C(=O)OC(C)(C)C)C3)n2c1c(Cl)nc(NCC1=CCCC=C1)c2=O. The first-order chi connectivity index (χ1) is 19.0. The van der Waals surface area contributed by atoms with Crippen molar-refractivity contribution in [2.75, 3.05) is 11.9 Å². The molecule has 4 heterocycles. The van der Waals surface area contributed by atoms with Gasteiger partial charge in [0.05, 0.1) is 25.3 Å². The van der Waals surface area contributed by atoms with Gasteiger partial charge in [-0.05, 0) is 63.7 Å². The van der Waals surface area contributed by atoms with Gasteiger partial charge in [-0.25, -0.2) is 9.78 Å². The second-order valence-electron chi connectivity index (χ2n) is 11.5. The lowest BCUT2D eigenvalue weighted by Gasteiger charge is -2.24. The van der Waals surface area contributed by atoms with Crippen molar-refractivity contribution < 1.29 is 14.3 Å². The monoisotopic (exact) mass is 585 g/mol. The van der Waals surface area contributed by atoms with Crippen LogP contribution in [0.25, 0.3) is 0 Å². The molecule has 2 aromatic heterocycles. The Hall–Kier alpha value is -3.11. The molecule has 0 bridgehead atoms. The topological polar surface area (TPSA) is 106 Å².